The fourth-order valence-electron chi connectivity index (χ4n) is 1.56. The Morgan fingerprint density at radius 3 is 2.67 bits per heavy atom. The molecule has 0 radical (unpaired) electrons. The second-order valence-corrected chi connectivity index (χ2v) is 3.65. The van der Waals surface area contributed by atoms with Crippen molar-refractivity contribution in [2.24, 2.45) is 0 Å². The van der Waals surface area contributed by atoms with Crippen LogP contribution in [-0.2, 0) is 6.42 Å². The highest BCUT2D eigenvalue weighted by atomic mass is 15.1. The summed E-state index contributed by atoms with van der Waals surface area (Å²) in [5.41, 5.74) is 9.68. The summed E-state index contributed by atoms with van der Waals surface area (Å²) in [5, 5.41) is 7.31. The van der Waals surface area contributed by atoms with Crippen molar-refractivity contribution in [2.75, 3.05) is 5.73 Å². The highest BCUT2D eigenvalue weighted by molar-refractivity contribution is 5.61. The first kappa shape index (κ1) is 9.77. The highest BCUT2D eigenvalue weighted by Crippen LogP contribution is 2.19. The van der Waals surface area contributed by atoms with Gasteiger partial charge in [0.2, 0.25) is 0 Å². The molecule has 0 aliphatic rings. The first-order valence-corrected chi connectivity index (χ1v) is 5.20. The van der Waals surface area contributed by atoms with Crippen molar-refractivity contribution in [3.63, 3.8) is 0 Å². The smallest absolute Gasteiger partial charge is 0.0923 e. The van der Waals surface area contributed by atoms with E-state index in [1.54, 1.807) is 0 Å². The average molecular weight is 201 g/mol. The Morgan fingerprint density at radius 1 is 1.27 bits per heavy atom. The SMILES string of the molecule is CCCc1cc(-c2ccc(N)cc2)n[nH]1. The summed E-state index contributed by atoms with van der Waals surface area (Å²) in [5.74, 6) is 0. The molecule has 0 fully saturated rings. The minimum atomic E-state index is 0.781. The molecule has 1 aromatic carbocycles. The third-order valence-electron chi connectivity index (χ3n) is 2.36. The normalized spacial score (nSPS) is 10.5. The molecule has 1 heterocycles. The number of nitrogens with one attached hydrogen (secondary N) is 1. The van der Waals surface area contributed by atoms with Crippen molar-refractivity contribution in [2.45, 2.75) is 19.8 Å². The van der Waals surface area contributed by atoms with E-state index in [-0.39, 0.29) is 0 Å². The van der Waals surface area contributed by atoms with Crippen LogP contribution in [0.3, 0.4) is 0 Å². The van der Waals surface area contributed by atoms with Crippen LogP contribution < -0.4 is 5.73 Å². The summed E-state index contributed by atoms with van der Waals surface area (Å²) in [6.07, 6.45) is 2.17. The molecule has 0 unspecified atom stereocenters. The van der Waals surface area contributed by atoms with Crippen LogP contribution in [-0.4, -0.2) is 10.2 Å². The van der Waals surface area contributed by atoms with Gasteiger partial charge in [0.05, 0.1) is 5.69 Å². The van der Waals surface area contributed by atoms with Crippen LogP contribution in [0.2, 0.25) is 0 Å². The summed E-state index contributed by atoms with van der Waals surface area (Å²) in [6, 6.07) is 9.85. The number of anilines is 1. The lowest BCUT2D eigenvalue weighted by Crippen LogP contribution is -1.83. The van der Waals surface area contributed by atoms with Crippen molar-refractivity contribution in [1.82, 2.24) is 10.2 Å². The van der Waals surface area contributed by atoms with Crippen LogP contribution in [0, 0.1) is 0 Å². The molecule has 0 aliphatic heterocycles. The molecule has 0 aliphatic carbocycles. The number of hydrogen-bond acceptors (Lipinski definition) is 2. The zero-order valence-corrected chi connectivity index (χ0v) is 8.83. The Balaban J connectivity index is 2.25. The Bertz CT molecular complexity index is 428. The van der Waals surface area contributed by atoms with Gasteiger partial charge in [-0.3, -0.25) is 5.10 Å². The number of aryl methyl sites for hydroxylation is 1. The van der Waals surface area contributed by atoms with E-state index < -0.39 is 0 Å². The molecule has 0 amide bonds. The minimum Gasteiger partial charge on any atom is -0.399 e. The maximum Gasteiger partial charge on any atom is 0.0923 e. The van der Waals surface area contributed by atoms with Gasteiger partial charge in [-0.15, -0.1) is 0 Å². The third-order valence-corrected chi connectivity index (χ3v) is 2.36. The van der Waals surface area contributed by atoms with Crippen LogP contribution >= 0.6 is 0 Å². The number of aromatic nitrogens is 2. The molecule has 0 saturated carbocycles. The number of nitrogens with zero attached hydrogens (tertiary/aromatic N) is 1. The zero-order chi connectivity index (χ0) is 10.7. The van der Waals surface area contributed by atoms with Gasteiger partial charge >= 0.3 is 0 Å². The topological polar surface area (TPSA) is 54.7 Å². The number of benzene rings is 1. The lowest BCUT2D eigenvalue weighted by atomic mass is 10.1. The van der Waals surface area contributed by atoms with E-state index in [0.717, 1.165) is 29.8 Å². The van der Waals surface area contributed by atoms with E-state index in [1.807, 2.05) is 24.3 Å². The molecule has 2 aromatic rings. The maximum atomic E-state index is 5.63. The van der Waals surface area contributed by atoms with E-state index in [9.17, 15) is 0 Å². The number of nitrogens with two attached hydrogens (primary N) is 1. The van der Waals surface area contributed by atoms with Crippen LogP contribution in [0.25, 0.3) is 11.3 Å². The number of nitrogen functional groups attached to an aromatic ring is 1. The van der Waals surface area contributed by atoms with Gasteiger partial charge in [0.15, 0.2) is 0 Å². The van der Waals surface area contributed by atoms with Gasteiger partial charge in [-0.1, -0.05) is 25.5 Å². The quantitative estimate of drug-likeness (QED) is 0.750. The van der Waals surface area contributed by atoms with E-state index in [2.05, 4.69) is 23.2 Å². The summed E-state index contributed by atoms with van der Waals surface area (Å²) < 4.78 is 0. The monoisotopic (exact) mass is 201 g/mol. The number of H-pyrrole nitrogens is 1. The van der Waals surface area contributed by atoms with E-state index >= 15 is 0 Å². The third kappa shape index (κ3) is 2.18. The molecule has 0 atom stereocenters. The zero-order valence-electron chi connectivity index (χ0n) is 8.83. The number of rotatable bonds is 3. The fraction of sp³-hybridized carbons (Fsp3) is 0.250. The largest absolute Gasteiger partial charge is 0.399 e. The van der Waals surface area contributed by atoms with Gasteiger partial charge in [-0.25, -0.2) is 0 Å². The van der Waals surface area contributed by atoms with E-state index in [4.69, 9.17) is 5.73 Å². The first-order chi connectivity index (χ1) is 7.29. The molecular formula is C12H15N3. The second kappa shape index (κ2) is 4.17. The molecule has 2 rings (SSSR count). The summed E-state index contributed by atoms with van der Waals surface area (Å²) in [7, 11) is 0. The summed E-state index contributed by atoms with van der Waals surface area (Å²) in [4.78, 5) is 0. The fourth-order valence-corrected chi connectivity index (χ4v) is 1.56. The van der Waals surface area contributed by atoms with Gasteiger partial charge in [-0.05, 0) is 24.6 Å². The van der Waals surface area contributed by atoms with Crippen LogP contribution in [0.1, 0.15) is 19.0 Å². The van der Waals surface area contributed by atoms with Crippen LogP contribution in [0.5, 0.6) is 0 Å². The molecule has 3 nitrogen and oxygen atoms in total. The van der Waals surface area contributed by atoms with Crippen molar-refractivity contribution in [1.29, 1.82) is 0 Å². The van der Waals surface area contributed by atoms with E-state index in [0.29, 0.717) is 0 Å². The van der Waals surface area contributed by atoms with Gasteiger partial charge in [0.1, 0.15) is 0 Å². The maximum absolute atomic E-state index is 5.63. The standard InChI is InChI=1S/C12H15N3/c1-2-3-11-8-12(15-14-11)9-4-6-10(13)7-5-9/h4-8H,2-3,13H2,1H3,(H,14,15). The lowest BCUT2D eigenvalue weighted by Gasteiger charge is -1.96. The average Bonchev–Trinajstić information content (AvgIpc) is 2.68. The second-order valence-electron chi connectivity index (χ2n) is 3.65. The molecule has 0 saturated heterocycles. The molecule has 78 valence electrons. The molecule has 3 heteroatoms. The van der Waals surface area contributed by atoms with Crippen LogP contribution in [0.15, 0.2) is 30.3 Å². The molecule has 15 heavy (non-hydrogen) atoms. The lowest BCUT2D eigenvalue weighted by molar-refractivity contribution is 0.867. The first-order valence-electron chi connectivity index (χ1n) is 5.20. The molecule has 3 N–H and O–H groups in total. The van der Waals surface area contributed by atoms with Crippen molar-refractivity contribution >= 4 is 5.69 Å². The Kier molecular flexibility index (Phi) is 2.72. The van der Waals surface area contributed by atoms with Gasteiger partial charge in [0, 0.05) is 16.9 Å². The predicted octanol–water partition coefficient (Wildman–Crippen LogP) is 2.61. The van der Waals surface area contributed by atoms with Crippen molar-refractivity contribution in [3.05, 3.63) is 36.0 Å². The highest BCUT2D eigenvalue weighted by Gasteiger charge is 2.02. The molecule has 0 bridgehead atoms. The van der Waals surface area contributed by atoms with Crippen molar-refractivity contribution in [3.8, 4) is 11.3 Å². The van der Waals surface area contributed by atoms with Gasteiger partial charge in [-0.2, -0.15) is 5.10 Å². The number of hydrogen-bond donors (Lipinski definition) is 2. The molecule has 0 spiro atoms. The summed E-state index contributed by atoms with van der Waals surface area (Å²) in [6.45, 7) is 2.16. The molecular weight excluding hydrogens is 186 g/mol. The Hall–Kier alpha value is -1.77. The van der Waals surface area contributed by atoms with Crippen molar-refractivity contribution < 1.29 is 0 Å². The van der Waals surface area contributed by atoms with E-state index in [1.165, 1.54) is 5.69 Å². The molecule has 1 aromatic heterocycles. The predicted molar refractivity (Wildman–Crippen MR) is 62.4 cm³/mol. The summed E-state index contributed by atoms with van der Waals surface area (Å²) >= 11 is 0. The van der Waals surface area contributed by atoms with Gasteiger partial charge < -0.3 is 5.73 Å². The number of aromatic amines is 1. The Morgan fingerprint density at radius 2 is 2.00 bits per heavy atom. The van der Waals surface area contributed by atoms with Gasteiger partial charge in [0.25, 0.3) is 0 Å². The minimum absolute atomic E-state index is 0.781. The van der Waals surface area contributed by atoms with Crippen LogP contribution in [0.4, 0.5) is 5.69 Å². The Labute approximate surface area is 89.3 Å².